The Morgan fingerprint density at radius 2 is 1.71 bits per heavy atom. The number of rotatable bonds is 5. The minimum atomic E-state index is -0.938. The summed E-state index contributed by atoms with van der Waals surface area (Å²) in [6.07, 6.45) is 3.68. The number of hydrogen-bond donors (Lipinski definition) is 0. The molecule has 3 aliphatic heterocycles. The average molecular weight is 574 g/mol. The summed E-state index contributed by atoms with van der Waals surface area (Å²) in [6.45, 7) is 0. The number of nitrogens with zero attached hydrogens (tertiary/aromatic N) is 3. The standard InChI is InChI=1S/C28H20BrN3O6/c1-38-21-11-6-16(14-20(21)29)26(33)25-23-22(24-19-5-3-2-4-15(19)12-13-30(24)25)27(34)31(28(23)35)17-7-9-18(10-8-17)32(36)37/h2-14,22-25H,1H3/t22-,23+,24+,25-/m1/s1. The zero-order chi connectivity index (χ0) is 26.7. The van der Waals surface area contributed by atoms with Crippen molar-refractivity contribution in [1.82, 2.24) is 4.90 Å². The normalized spacial score (nSPS) is 23.2. The van der Waals surface area contributed by atoms with Gasteiger partial charge in [-0.3, -0.25) is 24.5 Å². The molecule has 4 atom stereocenters. The van der Waals surface area contributed by atoms with Crippen molar-refractivity contribution in [2.24, 2.45) is 11.8 Å². The fourth-order valence-electron chi connectivity index (χ4n) is 5.83. The highest BCUT2D eigenvalue weighted by molar-refractivity contribution is 9.10. The quantitative estimate of drug-likeness (QED) is 0.187. The Hall–Kier alpha value is -4.31. The molecule has 38 heavy (non-hydrogen) atoms. The van der Waals surface area contributed by atoms with Crippen LogP contribution in [0.4, 0.5) is 11.4 Å². The molecule has 0 unspecified atom stereocenters. The van der Waals surface area contributed by atoms with Gasteiger partial charge in [-0.1, -0.05) is 24.3 Å². The molecule has 9 nitrogen and oxygen atoms in total. The van der Waals surface area contributed by atoms with Gasteiger partial charge < -0.3 is 9.64 Å². The molecule has 0 N–H and O–H groups in total. The number of halogens is 1. The maximum absolute atomic E-state index is 14.0. The molecule has 10 heteroatoms. The van der Waals surface area contributed by atoms with E-state index in [2.05, 4.69) is 15.9 Å². The van der Waals surface area contributed by atoms with Crippen molar-refractivity contribution in [1.29, 1.82) is 0 Å². The zero-order valence-corrected chi connectivity index (χ0v) is 21.6. The van der Waals surface area contributed by atoms with Gasteiger partial charge in [0.2, 0.25) is 11.8 Å². The summed E-state index contributed by atoms with van der Waals surface area (Å²) < 4.78 is 5.88. The van der Waals surface area contributed by atoms with Crippen molar-refractivity contribution in [3.8, 4) is 5.75 Å². The molecule has 3 aliphatic rings. The fourth-order valence-corrected chi connectivity index (χ4v) is 6.37. The minimum Gasteiger partial charge on any atom is -0.496 e. The molecule has 0 spiro atoms. The second kappa shape index (κ2) is 8.91. The number of methoxy groups -OCH3 is 1. The Kier molecular flexibility index (Phi) is 5.64. The molecular formula is C28H20BrN3O6. The molecular weight excluding hydrogens is 554 g/mol. The highest BCUT2D eigenvalue weighted by atomic mass is 79.9. The minimum absolute atomic E-state index is 0.149. The lowest BCUT2D eigenvalue weighted by atomic mass is 9.83. The number of amides is 2. The third-order valence-corrected chi connectivity index (χ3v) is 8.10. The number of ether oxygens (including phenoxy) is 1. The van der Waals surface area contributed by atoms with Crippen LogP contribution in [-0.4, -0.2) is 40.6 Å². The van der Waals surface area contributed by atoms with Gasteiger partial charge in [-0.05, 0) is 63.5 Å². The number of carbonyl (C=O) groups is 3. The van der Waals surface area contributed by atoms with E-state index in [-0.39, 0.29) is 17.2 Å². The lowest BCUT2D eigenvalue weighted by Gasteiger charge is -2.35. The summed E-state index contributed by atoms with van der Waals surface area (Å²) >= 11 is 3.43. The maximum Gasteiger partial charge on any atom is 0.269 e. The van der Waals surface area contributed by atoms with E-state index < -0.39 is 40.7 Å². The molecule has 190 valence electrons. The van der Waals surface area contributed by atoms with Gasteiger partial charge in [-0.25, -0.2) is 4.90 Å². The number of benzene rings is 3. The van der Waals surface area contributed by atoms with Gasteiger partial charge in [0.15, 0.2) is 5.78 Å². The van der Waals surface area contributed by atoms with Gasteiger partial charge in [0.25, 0.3) is 5.69 Å². The Bertz CT molecular complexity index is 1550. The predicted molar refractivity (Wildman–Crippen MR) is 141 cm³/mol. The Labute approximate surface area is 225 Å². The molecule has 0 aromatic heterocycles. The highest BCUT2D eigenvalue weighted by Gasteiger charge is 2.64. The van der Waals surface area contributed by atoms with Crippen LogP contribution < -0.4 is 9.64 Å². The molecule has 0 saturated carbocycles. The summed E-state index contributed by atoms with van der Waals surface area (Å²) in [5.74, 6) is -2.40. The van der Waals surface area contributed by atoms with Crippen LogP contribution in [0.25, 0.3) is 6.08 Å². The first-order chi connectivity index (χ1) is 18.3. The van der Waals surface area contributed by atoms with Crippen LogP contribution in [0, 0.1) is 22.0 Å². The Morgan fingerprint density at radius 1 is 1.00 bits per heavy atom. The van der Waals surface area contributed by atoms with Crippen LogP contribution in [0.15, 0.2) is 77.4 Å². The number of carbonyl (C=O) groups excluding carboxylic acids is 3. The lowest BCUT2D eigenvalue weighted by molar-refractivity contribution is -0.384. The summed E-state index contributed by atoms with van der Waals surface area (Å²) in [5.41, 5.74) is 2.25. The van der Waals surface area contributed by atoms with Crippen LogP contribution in [-0.2, 0) is 9.59 Å². The maximum atomic E-state index is 14.0. The number of imide groups is 1. The largest absolute Gasteiger partial charge is 0.496 e. The van der Waals surface area contributed by atoms with Crippen molar-refractivity contribution in [2.45, 2.75) is 12.1 Å². The van der Waals surface area contributed by atoms with Gasteiger partial charge >= 0.3 is 0 Å². The third kappa shape index (κ3) is 3.47. The van der Waals surface area contributed by atoms with E-state index in [1.165, 1.54) is 31.4 Å². The van der Waals surface area contributed by atoms with E-state index >= 15 is 0 Å². The summed E-state index contributed by atoms with van der Waals surface area (Å²) in [5, 5.41) is 11.1. The van der Waals surface area contributed by atoms with Gasteiger partial charge in [-0.15, -0.1) is 0 Å². The van der Waals surface area contributed by atoms with Crippen LogP contribution >= 0.6 is 15.9 Å². The monoisotopic (exact) mass is 573 g/mol. The number of nitro benzene ring substituents is 1. The fraction of sp³-hybridized carbons (Fsp3) is 0.179. The van der Waals surface area contributed by atoms with Crippen LogP contribution in [0.1, 0.15) is 27.5 Å². The molecule has 6 rings (SSSR count). The second-order valence-corrected chi connectivity index (χ2v) is 10.2. The van der Waals surface area contributed by atoms with Gasteiger partial charge in [0, 0.05) is 23.9 Å². The SMILES string of the molecule is COc1ccc(C(=O)[C@H]2[C@H]3C(=O)N(c4ccc([N+](=O)[O-])cc4)C(=O)[C@H]3[C@@H]3c4ccccc4C=CN23)cc1Br. The smallest absolute Gasteiger partial charge is 0.269 e. The summed E-state index contributed by atoms with van der Waals surface area (Å²) in [6, 6.07) is 16.4. The van der Waals surface area contributed by atoms with E-state index in [1.54, 1.807) is 24.4 Å². The molecule has 2 saturated heterocycles. The van der Waals surface area contributed by atoms with E-state index in [4.69, 9.17) is 4.74 Å². The molecule has 0 bridgehead atoms. The summed E-state index contributed by atoms with van der Waals surface area (Å²) in [7, 11) is 1.53. The predicted octanol–water partition coefficient (Wildman–Crippen LogP) is 4.76. The molecule has 2 fully saturated rings. The number of anilines is 1. The van der Waals surface area contributed by atoms with E-state index in [0.29, 0.717) is 15.8 Å². The van der Waals surface area contributed by atoms with Crippen molar-refractivity contribution in [3.63, 3.8) is 0 Å². The second-order valence-electron chi connectivity index (χ2n) is 9.33. The number of nitro groups is 1. The molecule has 3 aromatic rings. The Balaban J connectivity index is 1.46. The van der Waals surface area contributed by atoms with Gasteiger partial charge in [0.1, 0.15) is 11.8 Å². The van der Waals surface area contributed by atoms with Crippen molar-refractivity contribution >= 4 is 51.0 Å². The van der Waals surface area contributed by atoms with E-state index in [9.17, 15) is 24.5 Å². The van der Waals surface area contributed by atoms with Crippen molar-refractivity contribution in [3.05, 3.63) is 104 Å². The van der Waals surface area contributed by atoms with Gasteiger partial charge in [0.05, 0.1) is 40.1 Å². The van der Waals surface area contributed by atoms with Gasteiger partial charge in [-0.2, -0.15) is 0 Å². The molecule has 3 heterocycles. The first kappa shape index (κ1) is 24.1. The van der Waals surface area contributed by atoms with Crippen molar-refractivity contribution < 1.29 is 24.0 Å². The van der Waals surface area contributed by atoms with Crippen LogP contribution in [0.2, 0.25) is 0 Å². The van der Waals surface area contributed by atoms with Crippen LogP contribution in [0.3, 0.4) is 0 Å². The highest BCUT2D eigenvalue weighted by Crippen LogP contribution is 2.53. The number of fused-ring (bicyclic) bond motifs is 5. The third-order valence-electron chi connectivity index (χ3n) is 7.49. The molecule has 2 amide bonds. The number of Topliss-reactive ketones (excluding diaryl/α,β-unsaturated/α-hetero) is 1. The first-order valence-electron chi connectivity index (χ1n) is 11.9. The topological polar surface area (TPSA) is 110 Å². The number of hydrogen-bond acceptors (Lipinski definition) is 7. The average Bonchev–Trinajstić information content (AvgIpc) is 3.40. The Morgan fingerprint density at radius 3 is 2.39 bits per heavy atom. The molecule has 0 aliphatic carbocycles. The van der Waals surface area contributed by atoms with Crippen molar-refractivity contribution in [2.75, 3.05) is 12.0 Å². The first-order valence-corrected chi connectivity index (χ1v) is 12.7. The van der Waals surface area contributed by atoms with E-state index in [1.807, 2.05) is 35.2 Å². The zero-order valence-electron chi connectivity index (χ0n) is 20.0. The summed E-state index contributed by atoms with van der Waals surface area (Å²) in [4.78, 5) is 55.3. The number of ketones is 1. The number of non-ortho nitro benzene ring substituents is 1. The lowest BCUT2D eigenvalue weighted by Crippen LogP contribution is -2.44. The van der Waals surface area contributed by atoms with E-state index in [0.717, 1.165) is 16.0 Å². The van der Waals surface area contributed by atoms with Crippen LogP contribution in [0.5, 0.6) is 5.75 Å². The molecule has 3 aromatic carbocycles. The molecule has 0 radical (unpaired) electrons.